The van der Waals surface area contributed by atoms with Crippen molar-refractivity contribution in [1.82, 2.24) is 20.7 Å². The Morgan fingerprint density at radius 2 is 2.04 bits per heavy atom. The first-order valence-electron chi connectivity index (χ1n) is 8.73. The van der Waals surface area contributed by atoms with Gasteiger partial charge in [0.15, 0.2) is 0 Å². The molecule has 1 spiro atoms. The van der Waals surface area contributed by atoms with Crippen LogP contribution in [0.1, 0.15) is 38.2 Å². The number of pyridine rings is 1. The molecular formula is C17H19F3N4O3S. The third-order valence-electron chi connectivity index (χ3n) is 4.94. The molecule has 2 heterocycles. The number of hydrazine groups is 1. The minimum Gasteiger partial charge on any atom is -0.322 e. The SMILES string of the molecule is CC1CCC2(CC1)NC(=O)N(NC(=O)CSc1ccc(C(F)(F)F)cn1)C2=O. The first kappa shape index (κ1) is 20.4. The summed E-state index contributed by atoms with van der Waals surface area (Å²) in [5, 5.41) is 3.60. The molecule has 0 aromatic carbocycles. The molecule has 28 heavy (non-hydrogen) atoms. The summed E-state index contributed by atoms with van der Waals surface area (Å²) in [4.78, 5) is 40.5. The molecule has 1 saturated heterocycles. The van der Waals surface area contributed by atoms with Crippen LogP contribution >= 0.6 is 11.8 Å². The molecule has 0 unspecified atom stereocenters. The van der Waals surface area contributed by atoms with Crippen LogP contribution in [0.5, 0.6) is 0 Å². The Balaban J connectivity index is 1.55. The van der Waals surface area contributed by atoms with Crippen LogP contribution in [0.2, 0.25) is 0 Å². The van der Waals surface area contributed by atoms with E-state index in [-0.39, 0.29) is 10.8 Å². The summed E-state index contributed by atoms with van der Waals surface area (Å²) in [6, 6.07) is 1.36. The summed E-state index contributed by atoms with van der Waals surface area (Å²) in [6.45, 7) is 2.08. The molecule has 4 amide bonds. The standard InChI is InChI=1S/C17H19F3N4O3S/c1-10-4-6-16(7-5-10)14(26)24(15(27)22-16)23-12(25)9-28-13-3-2-11(8-21-13)17(18,19)20/h2-3,8,10H,4-7,9H2,1H3,(H,22,27)(H,23,25). The van der Waals surface area contributed by atoms with Crippen molar-refractivity contribution in [3.8, 4) is 0 Å². The predicted octanol–water partition coefficient (Wildman–Crippen LogP) is 2.72. The van der Waals surface area contributed by atoms with Crippen molar-refractivity contribution in [2.75, 3.05) is 5.75 Å². The number of carbonyl (C=O) groups is 3. The second-order valence-corrected chi connectivity index (χ2v) is 8.04. The summed E-state index contributed by atoms with van der Waals surface area (Å²) in [7, 11) is 0. The molecule has 0 bridgehead atoms. The minimum atomic E-state index is -4.48. The van der Waals surface area contributed by atoms with Gasteiger partial charge in [-0.05, 0) is 43.7 Å². The van der Waals surface area contributed by atoms with Gasteiger partial charge in [0.1, 0.15) is 5.54 Å². The lowest BCUT2D eigenvalue weighted by Crippen LogP contribution is -2.51. The highest BCUT2D eigenvalue weighted by molar-refractivity contribution is 7.99. The van der Waals surface area contributed by atoms with Gasteiger partial charge in [0, 0.05) is 6.20 Å². The number of amides is 4. The molecule has 1 aromatic rings. The number of alkyl halides is 3. The smallest absolute Gasteiger partial charge is 0.322 e. The fourth-order valence-electron chi connectivity index (χ4n) is 3.25. The first-order valence-corrected chi connectivity index (χ1v) is 9.71. The number of carbonyl (C=O) groups excluding carboxylic acids is 3. The molecule has 0 radical (unpaired) electrons. The molecule has 7 nitrogen and oxygen atoms in total. The number of hydrogen-bond acceptors (Lipinski definition) is 5. The van der Waals surface area contributed by atoms with Crippen LogP contribution in [-0.4, -0.2) is 39.1 Å². The lowest BCUT2D eigenvalue weighted by molar-refractivity contribution is -0.139. The Bertz CT molecular complexity index is 777. The maximum absolute atomic E-state index is 12.6. The topological polar surface area (TPSA) is 91.4 Å². The van der Waals surface area contributed by atoms with Crippen LogP contribution in [0.15, 0.2) is 23.4 Å². The van der Waals surface area contributed by atoms with Gasteiger partial charge < -0.3 is 5.32 Å². The second-order valence-electron chi connectivity index (χ2n) is 7.04. The van der Waals surface area contributed by atoms with Crippen LogP contribution in [-0.2, 0) is 15.8 Å². The Morgan fingerprint density at radius 1 is 1.36 bits per heavy atom. The number of aromatic nitrogens is 1. The highest BCUT2D eigenvalue weighted by atomic mass is 32.2. The molecule has 1 saturated carbocycles. The van der Waals surface area contributed by atoms with Gasteiger partial charge in [0.25, 0.3) is 5.91 Å². The van der Waals surface area contributed by atoms with Crippen LogP contribution in [0, 0.1) is 5.92 Å². The van der Waals surface area contributed by atoms with E-state index in [1.807, 2.05) is 0 Å². The summed E-state index contributed by atoms with van der Waals surface area (Å²) in [5.74, 6) is -0.835. The number of imide groups is 1. The zero-order valence-corrected chi connectivity index (χ0v) is 15.8. The van der Waals surface area contributed by atoms with E-state index in [2.05, 4.69) is 22.7 Å². The van der Waals surface area contributed by atoms with E-state index in [1.165, 1.54) is 0 Å². The number of nitrogens with one attached hydrogen (secondary N) is 2. The van der Waals surface area contributed by atoms with Gasteiger partial charge in [0.2, 0.25) is 5.91 Å². The van der Waals surface area contributed by atoms with Crippen molar-refractivity contribution in [2.24, 2.45) is 5.92 Å². The molecule has 1 aliphatic carbocycles. The molecule has 11 heteroatoms. The minimum absolute atomic E-state index is 0.209. The van der Waals surface area contributed by atoms with E-state index in [0.29, 0.717) is 30.0 Å². The monoisotopic (exact) mass is 416 g/mol. The van der Waals surface area contributed by atoms with Gasteiger partial charge in [-0.3, -0.25) is 15.0 Å². The largest absolute Gasteiger partial charge is 0.417 e. The predicted molar refractivity (Wildman–Crippen MR) is 93.8 cm³/mol. The normalized spacial score (nSPS) is 25.1. The highest BCUT2D eigenvalue weighted by Gasteiger charge is 2.52. The lowest BCUT2D eigenvalue weighted by Gasteiger charge is -2.33. The zero-order valence-electron chi connectivity index (χ0n) is 15.0. The first-order chi connectivity index (χ1) is 13.1. The van der Waals surface area contributed by atoms with Crippen LogP contribution in [0.25, 0.3) is 0 Å². The third-order valence-corrected chi connectivity index (χ3v) is 5.88. The Labute approximate surface area is 163 Å². The van der Waals surface area contributed by atoms with Gasteiger partial charge in [-0.25, -0.2) is 9.78 Å². The average Bonchev–Trinajstić information content (AvgIpc) is 2.86. The molecule has 2 N–H and O–H groups in total. The molecule has 2 aliphatic rings. The van der Waals surface area contributed by atoms with Crippen LogP contribution < -0.4 is 10.7 Å². The van der Waals surface area contributed by atoms with Gasteiger partial charge in [-0.1, -0.05) is 18.7 Å². The number of halogens is 3. The maximum Gasteiger partial charge on any atom is 0.417 e. The number of thioether (sulfide) groups is 1. The van der Waals surface area contributed by atoms with E-state index in [4.69, 9.17) is 0 Å². The number of rotatable bonds is 4. The van der Waals surface area contributed by atoms with Crippen molar-refractivity contribution in [3.05, 3.63) is 23.9 Å². The molecule has 0 atom stereocenters. The number of hydrogen-bond donors (Lipinski definition) is 2. The Hall–Kier alpha value is -2.30. The van der Waals surface area contributed by atoms with Gasteiger partial charge in [-0.2, -0.15) is 18.2 Å². The summed E-state index contributed by atoms with van der Waals surface area (Å²) in [6.07, 6.45) is -1.13. The molecule has 152 valence electrons. The van der Waals surface area contributed by atoms with Crippen molar-refractivity contribution in [1.29, 1.82) is 0 Å². The summed E-state index contributed by atoms with van der Waals surface area (Å²) >= 11 is 0.901. The zero-order chi connectivity index (χ0) is 20.5. The molecule has 2 fully saturated rings. The van der Waals surface area contributed by atoms with Gasteiger partial charge in [0.05, 0.1) is 16.3 Å². The lowest BCUT2D eigenvalue weighted by atomic mass is 9.77. The van der Waals surface area contributed by atoms with E-state index >= 15 is 0 Å². The Morgan fingerprint density at radius 3 is 2.61 bits per heavy atom. The van der Waals surface area contributed by atoms with Gasteiger partial charge in [-0.15, -0.1) is 0 Å². The average molecular weight is 416 g/mol. The number of urea groups is 1. The summed E-state index contributed by atoms with van der Waals surface area (Å²) < 4.78 is 37.6. The second kappa shape index (κ2) is 7.61. The molecular weight excluding hydrogens is 397 g/mol. The fraction of sp³-hybridized carbons (Fsp3) is 0.529. The van der Waals surface area contributed by atoms with Crippen LogP contribution in [0.4, 0.5) is 18.0 Å². The van der Waals surface area contributed by atoms with E-state index < -0.39 is 35.1 Å². The van der Waals surface area contributed by atoms with E-state index in [9.17, 15) is 27.6 Å². The summed E-state index contributed by atoms with van der Waals surface area (Å²) in [5.41, 5.74) is 0.430. The Kier molecular flexibility index (Phi) is 5.55. The van der Waals surface area contributed by atoms with Crippen molar-refractivity contribution in [2.45, 2.75) is 49.3 Å². The van der Waals surface area contributed by atoms with Crippen LogP contribution in [0.3, 0.4) is 0 Å². The molecule has 3 rings (SSSR count). The quantitative estimate of drug-likeness (QED) is 0.582. The maximum atomic E-state index is 12.6. The van der Waals surface area contributed by atoms with Crippen molar-refractivity contribution >= 4 is 29.6 Å². The fourth-order valence-corrected chi connectivity index (χ4v) is 3.88. The van der Waals surface area contributed by atoms with Gasteiger partial charge >= 0.3 is 12.2 Å². The number of nitrogens with zero attached hydrogens (tertiary/aromatic N) is 2. The molecule has 1 aromatic heterocycles. The third kappa shape index (κ3) is 4.23. The van der Waals surface area contributed by atoms with E-state index in [1.54, 1.807) is 0 Å². The molecule has 1 aliphatic heterocycles. The van der Waals surface area contributed by atoms with Crippen molar-refractivity contribution in [3.63, 3.8) is 0 Å². The van der Waals surface area contributed by atoms with Crippen molar-refractivity contribution < 1.29 is 27.6 Å². The highest BCUT2D eigenvalue weighted by Crippen LogP contribution is 2.36. The van der Waals surface area contributed by atoms with E-state index in [0.717, 1.165) is 36.7 Å².